The summed E-state index contributed by atoms with van der Waals surface area (Å²) < 4.78 is 0. The van der Waals surface area contributed by atoms with Crippen molar-refractivity contribution < 1.29 is 9.90 Å². The van der Waals surface area contributed by atoms with Gasteiger partial charge >= 0.3 is 6.03 Å². The number of aromatic nitrogens is 1. The van der Waals surface area contributed by atoms with Gasteiger partial charge in [-0.2, -0.15) is 0 Å². The number of hydrogen-bond acceptors (Lipinski definition) is 5. The van der Waals surface area contributed by atoms with Crippen molar-refractivity contribution in [3.05, 3.63) is 95.2 Å². The van der Waals surface area contributed by atoms with Crippen LogP contribution in [0.2, 0.25) is 0 Å². The standard InChI is InChI=1S/C26H33N5O2/c1-19(29-18-24(32)23-10-11-25(27)30-17-23)14-21-8-5-9-22(15-21)16-31-26(33)28-13-12-20-6-3-2-4-7-20/h2-11,15,17,19,24,29,32H,12-14,16,18H2,1H3,(H2,27,30)(H2,28,31,33)/t19-,24-/m1/s1. The van der Waals surface area contributed by atoms with Gasteiger partial charge in [-0.3, -0.25) is 0 Å². The van der Waals surface area contributed by atoms with Gasteiger partial charge in [0.15, 0.2) is 0 Å². The Bertz CT molecular complexity index is 995. The van der Waals surface area contributed by atoms with E-state index in [0.717, 1.165) is 24.0 Å². The average Bonchev–Trinajstić information content (AvgIpc) is 2.82. The summed E-state index contributed by atoms with van der Waals surface area (Å²) in [5.41, 5.74) is 9.74. The van der Waals surface area contributed by atoms with Crippen molar-refractivity contribution in [3.63, 3.8) is 0 Å². The second-order valence-corrected chi connectivity index (χ2v) is 8.21. The van der Waals surface area contributed by atoms with E-state index in [-0.39, 0.29) is 12.1 Å². The quantitative estimate of drug-likeness (QED) is 0.310. The van der Waals surface area contributed by atoms with Crippen LogP contribution >= 0.6 is 0 Å². The van der Waals surface area contributed by atoms with Gasteiger partial charge in [-0.25, -0.2) is 9.78 Å². The molecule has 2 aromatic carbocycles. The number of pyridine rings is 1. The zero-order valence-electron chi connectivity index (χ0n) is 19.0. The summed E-state index contributed by atoms with van der Waals surface area (Å²) in [7, 11) is 0. The Balaban J connectivity index is 1.38. The van der Waals surface area contributed by atoms with E-state index in [2.05, 4.69) is 52.1 Å². The fourth-order valence-corrected chi connectivity index (χ4v) is 3.55. The number of hydrogen-bond donors (Lipinski definition) is 5. The Labute approximate surface area is 195 Å². The van der Waals surface area contributed by atoms with Gasteiger partial charge in [0.05, 0.1) is 6.10 Å². The monoisotopic (exact) mass is 447 g/mol. The molecule has 0 unspecified atom stereocenters. The highest BCUT2D eigenvalue weighted by molar-refractivity contribution is 5.73. The highest BCUT2D eigenvalue weighted by Gasteiger charge is 2.11. The first-order valence-electron chi connectivity index (χ1n) is 11.3. The van der Waals surface area contributed by atoms with Crippen LogP contribution in [0.3, 0.4) is 0 Å². The van der Waals surface area contributed by atoms with Crippen LogP contribution in [0.15, 0.2) is 72.9 Å². The first-order valence-corrected chi connectivity index (χ1v) is 11.3. The molecule has 0 fully saturated rings. The topological polar surface area (TPSA) is 112 Å². The van der Waals surface area contributed by atoms with Crippen molar-refractivity contribution in [1.82, 2.24) is 20.9 Å². The highest BCUT2D eigenvalue weighted by Crippen LogP contribution is 2.13. The van der Waals surface area contributed by atoms with Crippen molar-refractivity contribution in [1.29, 1.82) is 0 Å². The Morgan fingerprint density at radius 3 is 2.52 bits per heavy atom. The molecule has 2 atom stereocenters. The maximum Gasteiger partial charge on any atom is 0.315 e. The van der Waals surface area contributed by atoms with Crippen LogP contribution in [-0.2, 0) is 19.4 Å². The number of nitrogens with zero attached hydrogens (tertiary/aromatic N) is 1. The predicted octanol–water partition coefficient (Wildman–Crippen LogP) is 2.96. The van der Waals surface area contributed by atoms with Crippen molar-refractivity contribution in [2.24, 2.45) is 0 Å². The molecular formula is C26H33N5O2. The summed E-state index contributed by atoms with van der Waals surface area (Å²) in [4.78, 5) is 16.1. The molecule has 0 aliphatic heterocycles. The fourth-order valence-electron chi connectivity index (χ4n) is 3.55. The van der Waals surface area contributed by atoms with E-state index in [1.807, 2.05) is 30.3 Å². The molecule has 0 saturated carbocycles. The van der Waals surface area contributed by atoms with Gasteiger partial charge in [0.25, 0.3) is 0 Å². The van der Waals surface area contributed by atoms with E-state index in [1.54, 1.807) is 18.3 Å². The fraction of sp³-hybridized carbons (Fsp3) is 0.308. The molecule has 0 radical (unpaired) electrons. The van der Waals surface area contributed by atoms with Gasteiger partial charge in [0.1, 0.15) is 5.82 Å². The lowest BCUT2D eigenvalue weighted by Crippen LogP contribution is -2.36. The molecule has 1 heterocycles. The smallest absolute Gasteiger partial charge is 0.315 e. The van der Waals surface area contributed by atoms with Gasteiger partial charge in [0, 0.05) is 37.4 Å². The number of nitrogen functional groups attached to an aromatic ring is 1. The minimum absolute atomic E-state index is 0.169. The number of urea groups is 1. The Kier molecular flexibility index (Phi) is 9.23. The Morgan fingerprint density at radius 2 is 1.76 bits per heavy atom. The minimum atomic E-state index is -0.642. The Morgan fingerprint density at radius 1 is 1.00 bits per heavy atom. The highest BCUT2D eigenvalue weighted by atomic mass is 16.3. The predicted molar refractivity (Wildman–Crippen MR) is 132 cm³/mol. The van der Waals surface area contributed by atoms with Crippen LogP contribution in [0.5, 0.6) is 0 Å². The molecule has 0 aliphatic rings. The molecule has 3 rings (SSSR count). The first kappa shape index (κ1) is 24.2. The summed E-state index contributed by atoms with van der Waals surface area (Å²) >= 11 is 0. The second kappa shape index (κ2) is 12.6. The maximum atomic E-state index is 12.1. The number of aliphatic hydroxyl groups is 1. The van der Waals surface area contributed by atoms with E-state index < -0.39 is 6.10 Å². The number of amides is 2. The van der Waals surface area contributed by atoms with Crippen LogP contribution < -0.4 is 21.7 Å². The van der Waals surface area contributed by atoms with Crippen molar-refractivity contribution in [2.45, 2.75) is 38.5 Å². The van der Waals surface area contributed by atoms with Crippen LogP contribution in [0.1, 0.15) is 35.3 Å². The molecule has 1 aromatic heterocycles. The summed E-state index contributed by atoms with van der Waals surface area (Å²) in [5, 5.41) is 19.5. The van der Waals surface area contributed by atoms with Crippen LogP contribution in [0.4, 0.5) is 10.6 Å². The third-order valence-electron chi connectivity index (χ3n) is 5.38. The average molecular weight is 448 g/mol. The number of rotatable bonds is 11. The van der Waals surface area contributed by atoms with Crippen LogP contribution in [-0.4, -0.2) is 35.3 Å². The van der Waals surface area contributed by atoms with Gasteiger partial charge in [-0.1, -0.05) is 60.7 Å². The molecule has 0 saturated heterocycles. The minimum Gasteiger partial charge on any atom is -0.387 e. The zero-order chi connectivity index (χ0) is 23.5. The van der Waals surface area contributed by atoms with Gasteiger partial charge in [0.2, 0.25) is 0 Å². The normalized spacial score (nSPS) is 12.7. The van der Waals surface area contributed by atoms with Crippen LogP contribution in [0.25, 0.3) is 0 Å². The van der Waals surface area contributed by atoms with Crippen molar-refractivity contribution in [2.75, 3.05) is 18.8 Å². The largest absolute Gasteiger partial charge is 0.387 e. The lowest BCUT2D eigenvalue weighted by molar-refractivity contribution is 0.170. The first-order chi connectivity index (χ1) is 16.0. The lowest BCUT2D eigenvalue weighted by Gasteiger charge is -2.18. The molecule has 33 heavy (non-hydrogen) atoms. The number of nitrogens with two attached hydrogens (primary N) is 1. The SMILES string of the molecule is C[C@H](Cc1cccc(CNC(=O)NCCc2ccccc2)c1)NC[C@@H](O)c1ccc(N)nc1. The van der Waals surface area contributed by atoms with E-state index in [1.165, 1.54) is 11.1 Å². The summed E-state index contributed by atoms with van der Waals surface area (Å²) in [6.07, 6.45) is 2.57. The summed E-state index contributed by atoms with van der Waals surface area (Å²) in [6.45, 7) is 3.57. The zero-order valence-corrected chi connectivity index (χ0v) is 19.0. The van der Waals surface area contributed by atoms with E-state index in [9.17, 15) is 9.90 Å². The third-order valence-corrected chi connectivity index (χ3v) is 5.38. The number of aliphatic hydroxyl groups excluding tert-OH is 1. The van der Waals surface area contributed by atoms with E-state index in [0.29, 0.717) is 25.5 Å². The molecule has 0 bridgehead atoms. The lowest BCUT2D eigenvalue weighted by atomic mass is 10.0. The number of carbonyl (C=O) groups is 1. The van der Waals surface area contributed by atoms with Crippen LogP contribution in [0, 0.1) is 0 Å². The maximum absolute atomic E-state index is 12.1. The molecule has 2 amide bonds. The second-order valence-electron chi connectivity index (χ2n) is 8.21. The molecule has 6 N–H and O–H groups in total. The van der Waals surface area contributed by atoms with Gasteiger partial charge in [-0.15, -0.1) is 0 Å². The van der Waals surface area contributed by atoms with E-state index >= 15 is 0 Å². The molecule has 7 heteroatoms. The van der Waals surface area contributed by atoms with Crippen molar-refractivity contribution in [3.8, 4) is 0 Å². The molecule has 3 aromatic rings. The number of anilines is 1. The Hall–Kier alpha value is -3.42. The molecule has 0 aliphatic carbocycles. The van der Waals surface area contributed by atoms with Gasteiger partial charge in [-0.05, 0) is 42.5 Å². The molecule has 0 spiro atoms. The third kappa shape index (κ3) is 8.56. The molecular weight excluding hydrogens is 414 g/mol. The molecule has 174 valence electrons. The summed E-state index contributed by atoms with van der Waals surface area (Å²) in [5.74, 6) is 0.436. The van der Waals surface area contributed by atoms with Crippen molar-refractivity contribution >= 4 is 11.8 Å². The molecule has 7 nitrogen and oxygen atoms in total. The van der Waals surface area contributed by atoms with Gasteiger partial charge < -0.3 is 26.8 Å². The number of nitrogens with one attached hydrogen (secondary N) is 3. The van der Waals surface area contributed by atoms with E-state index in [4.69, 9.17) is 5.73 Å². The number of carbonyl (C=O) groups excluding carboxylic acids is 1. The summed E-state index contributed by atoms with van der Waals surface area (Å²) in [6, 6.07) is 21.7. The number of benzene rings is 2.